The van der Waals surface area contributed by atoms with E-state index in [1.54, 1.807) is 6.20 Å². The van der Waals surface area contributed by atoms with Crippen LogP contribution < -0.4 is 5.32 Å². The molecule has 1 fully saturated rings. The molecular weight excluding hydrogens is 326 g/mol. The second kappa shape index (κ2) is 7.87. The molecule has 136 valence electrons. The Morgan fingerprint density at radius 2 is 2.19 bits per heavy atom. The fraction of sp³-hybridized carbons (Fsp3) is 0.429. The van der Waals surface area contributed by atoms with Gasteiger partial charge < -0.3 is 15.0 Å². The number of nitrogens with one attached hydrogen (secondary N) is 1. The van der Waals surface area contributed by atoms with E-state index in [4.69, 9.17) is 4.74 Å². The number of aromatic nitrogens is 1. The van der Waals surface area contributed by atoms with E-state index in [0.29, 0.717) is 13.2 Å². The largest absolute Gasteiger partial charge is 0.384 e. The summed E-state index contributed by atoms with van der Waals surface area (Å²) in [5, 5.41) is 3.42. The molecule has 1 saturated heterocycles. The minimum Gasteiger partial charge on any atom is -0.384 e. The van der Waals surface area contributed by atoms with E-state index < -0.39 is 0 Å². The van der Waals surface area contributed by atoms with Crippen molar-refractivity contribution in [1.82, 2.24) is 9.88 Å². The summed E-state index contributed by atoms with van der Waals surface area (Å²) in [6, 6.07) is 11.9. The lowest BCUT2D eigenvalue weighted by atomic mass is 9.98. The summed E-state index contributed by atoms with van der Waals surface area (Å²) in [5.41, 5.74) is 4.01. The van der Waals surface area contributed by atoms with Crippen LogP contribution in [0, 0.1) is 0 Å². The first-order chi connectivity index (χ1) is 12.8. The number of anilines is 1. The van der Waals surface area contributed by atoms with Gasteiger partial charge in [-0.1, -0.05) is 18.2 Å². The molecule has 5 heteroatoms. The Balaban J connectivity index is 1.42. The molecule has 1 amide bonds. The van der Waals surface area contributed by atoms with Crippen LogP contribution in [-0.4, -0.2) is 41.5 Å². The maximum atomic E-state index is 13.1. The third-order valence-electron chi connectivity index (χ3n) is 5.16. The molecule has 2 aromatic rings. The van der Waals surface area contributed by atoms with E-state index in [1.165, 1.54) is 5.56 Å². The van der Waals surface area contributed by atoms with Crippen LogP contribution in [-0.2, 0) is 17.8 Å². The van der Waals surface area contributed by atoms with Crippen LogP contribution in [0.1, 0.15) is 40.9 Å². The highest BCUT2D eigenvalue weighted by Crippen LogP contribution is 2.28. The number of hydrogen-bond donors (Lipinski definition) is 1. The van der Waals surface area contributed by atoms with Gasteiger partial charge in [0.2, 0.25) is 0 Å². The molecule has 1 N–H and O–H groups in total. The summed E-state index contributed by atoms with van der Waals surface area (Å²) < 4.78 is 6.03. The molecule has 1 aromatic carbocycles. The molecule has 0 radical (unpaired) electrons. The van der Waals surface area contributed by atoms with Crippen LogP contribution in [0.2, 0.25) is 0 Å². The first kappa shape index (κ1) is 17.0. The number of amides is 1. The maximum absolute atomic E-state index is 13.1. The number of hydrogen-bond acceptors (Lipinski definition) is 4. The van der Waals surface area contributed by atoms with Gasteiger partial charge in [0.15, 0.2) is 0 Å². The standard InChI is InChI=1S/C21H25N3O2/c25-21(19-10-3-6-16-7-4-12-23-20(16)19)24-13-5-9-18(14-24)26-15-17-8-1-2-11-22-17/h1-3,6,8,10-11,18,23H,4-5,7,9,12-15H2. The van der Waals surface area contributed by atoms with Crippen molar-refractivity contribution in [2.75, 3.05) is 25.0 Å². The number of para-hydroxylation sites is 1. The Bertz CT molecular complexity index is 763. The Hall–Kier alpha value is -2.40. The highest BCUT2D eigenvalue weighted by Gasteiger charge is 2.27. The third kappa shape index (κ3) is 3.73. The molecule has 26 heavy (non-hydrogen) atoms. The zero-order valence-corrected chi connectivity index (χ0v) is 15.0. The second-order valence-electron chi connectivity index (χ2n) is 7.02. The van der Waals surface area contributed by atoms with E-state index in [0.717, 1.165) is 55.7 Å². The van der Waals surface area contributed by atoms with Crippen molar-refractivity contribution in [3.05, 3.63) is 59.4 Å². The lowest BCUT2D eigenvalue weighted by Gasteiger charge is -2.33. The van der Waals surface area contributed by atoms with Crippen LogP contribution >= 0.6 is 0 Å². The van der Waals surface area contributed by atoms with Gasteiger partial charge in [-0.3, -0.25) is 9.78 Å². The summed E-state index contributed by atoms with van der Waals surface area (Å²) in [7, 11) is 0. The molecule has 0 aliphatic carbocycles. The van der Waals surface area contributed by atoms with E-state index in [-0.39, 0.29) is 12.0 Å². The monoisotopic (exact) mass is 351 g/mol. The van der Waals surface area contributed by atoms with Crippen LogP contribution in [0.25, 0.3) is 0 Å². The molecule has 1 unspecified atom stereocenters. The molecule has 0 bridgehead atoms. The zero-order valence-electron chi connectivity index (χ0n) is 15.0. The number of ether oxygens (including phenoxy) is 1. The number of nitrogens with zero attached hydrogens (tertiary/aromatic N) is 2. The van der Waals surface area contributed by atoms with E-state index >= 15 is 0 Å². The molecule has 5 nitrogen and oxygen atoms in total. The Morgan fingerprint density at radius 1 is 1.23 bits per heavy atom. The topological polar surface area (TPSA) is 54.5 Å². The summed E-state index contributed by atoms with van der Waals surface area (Å²) in [6.07, 6.45) is 5.98. The normalized spacial score (nSPS) is 19.5. The number of aryl methyl sites for hydroxylation is 1. The Kier molecular flexibility index (Phi) is 5.16. The summed E-state index contributed by atoms with van der Waals surface area (Å²) >= 11 is 0. The highest BCUT2D eigenvalue weighted by molar-refractivity contribution is 6.00. The highest BCUT2D eigenvalue weighted by atomic mass is 16.5. The molecule has 0 spiro atoms. The summed E-state index contributed by atoms with van der Waals surface area (Å²) in [6.45, 7) is 2.88. The Labute approximate surface area is 154 Å². The number of benzene rings is 1. The van der Waals surface area contributed by atoms with Crippen molar-refractivity contribution in [1.29, 1.82) is 0 Å². The SMILES string of the molecule is O=C(c1cccc2c1NCCC2)N1CCCC(OCc2ccccn2)C1. The van der Waals surface area contributed by atoms with E-state index in [2.05, 4.69) is 16.4 Å². The number of likely N-dealkylation sites (tertiary alicyclic amines) is 1. The molecule has 2 aliphatic rings. The molecule has 1 atom stereocenters. The number of rotatable bonds is 4. The van der Waals surface area contributed by atoms with Gasteiger partial charge in [-0.25, -0.2) is 0 Å². The van der Waals surface area contributed by atoms with Gasteiger partial charge in [-0.15, -0.1) is 0 Å². The quantitative estimate of drug-likeness (QED) is 0.919. The predicted octanol–water partition coefficient (Wildman–Crippen LogP) is 3.26. The third-order valence-corrected chi connectivity index (χ3v) is 5.16. The molecule has 0 saturated carbocycles. The number of carbonyl (C=O) groups excluding carboxylic acids is 1. The average Bonchev–Trinajstić information content (AvgIpc) is 2.72. The molecule has 4 rings (SSSR count). The van der Waals surface area contributed by atoms with Crippen LogP contribution in [0.5, 0.6) is 0 Å². The minimum absolute atomic E-state index is 0.0715. The number of fused-ring (bicyclic) bond motifs is 1. The lowest BCUT2D eigenvalue weighted by Crippen LogP contribution is -2.43. The number of pyridine rings is 1. The van der Waals surface area contributed by atoms with Crippen molar-refractivity contribution in [2.45, 2.75) is 38.4 Å². The fourth-order valence-electron chi connectivity index (χ4n) is 3.80. The second-order valence-corrected chi connectivity index (χ2v) is 7.02. The van der Waals surface area contributed by atoms with Gasteiger partial charge >= 0.3 is 0 Å². The number of piperidine rings is 1. The average molecular weight is 351 g/mol. The zero-order chi connectivity index (χ0) is 17.8. The molecular formula is C21H25N3O2. The minimum atomic E-state index is 0.0715. The predicted molar refractivity (Wildman–Crippen MR) is 101 cm³/mol. The molecule has 1 aromatic heterocycles. The van der Waals surface area contributed by atoms with Crippen LogP contribution in [0.3, 0.4) is 0 Å². The van der Waals surface area contributed by atoms with Gasteiger partial charge in [-0.05, 0) is 49.4 Å². The first-order valence-corrected chi connectivity index (χ1v) is 9.48. The van der Waals surface area contributed by atoms with Gasteiger partial charge in [-0.2, -0.15) is 0 Å². The first-order valence-electron chi connectivity index (χ1n) is 9.48. The van der Waals surface area contributed by atoms with Gasteiger partial charge in [0, 0.05) is 25.8 Å². The smallest absolute Gasteiger partial charge is 0.256 e. The van der Waals surface area contributed by atoms with Crippen LogP contribution in [0.15, 0.2) is 42.6 Å². The summed E-state index contributed by atoms with van der Waals surface area (Å²) in [4.78, 5) is 19.4. The maximum Gasteiger partial charge on any atom is 0.256 e. The van der Waals surface area contributed by atoms with Gasteiger partial charge in [0.1, 0.15) is 0 Å². The fourth-order valence-corrected chi connectivity index (χ4v) is 3.80. The van der Waals surface area contributed by atoms with Crippen molar-refractivity contribution in [2.24, 2.45) is 0 Å². The van der Waals surface area contributed by atoms with E-state index in [1.807, 2.05) is 35.2 Å². The van der Waals surface area contributed by atoms with Gasteiger partial charge in [0.25, 0.3) is 5.91 Å². The van der Waals surface area contributed by atoms with Gasteiger partial charge in [0.05, 0.1) is 29.7 Å². The lowest BCUT2D eigenvalue weighted by molar-refractivity contribution is -0.00783. The van der Waals surface area contributed by atoms with Crippen molar-refractivity contribution in [3.63, 3.8) is 0 Å². The Morgan fingerprint density at radius 3 is 3.08 bits per heavy atom. The summed E-state index contributed by atoms with van der Waals surface area (Å²) in [5.74, 6) is 0.113. The van der Waals surface area contributed by atoms with Crippen molar-refractivity contribution >= 4 is 11.6 Å². The molecule has 2 aliphatic heterocycles. The van der Waals surface area contributed by atoms with Crippen molar-refractivity contribution in [3.8, 4) is 0 Å². The van der Waals surface area contributed by atoms with E-state index in [9.17, 15) is 4.79 Å². The van der Waals surface area contributed by atoms with Crippen LogP contribution in [0.4, 0.5) is 5.69 Å². The number of carbonyl (C=O) groups is 1. The molecule has 3 heterocycles. The van der Waals surface area contributed by atoms with Crippen molar-refractivity contribution < 1.29 is 9.53 Å².